The standard InChI is InChI=1S/C19H20N2S2/c1-15(14-20)6-5-7-16-8-9-17(22-16)18-10-11-19(23-18)21-12-3-2-4-13-21/h5-11H,2-4,12-13H2,1H3/b7-5+,15-6+. The second kappa shape index (κ2) is 7.63. The lowest BCUT2D eigenvalue weighted by molar-refractivity contribution is 0.580. The molecule has 3 rings (SSSR count). The molecular formula is C19H20N2S2. The Morgan fingerprint density at radius 2 is 1.83 bits per heavy atom. The van der Waals surface area contributed by atoms with Crippen molar-refractivity contribution in [2.75, 3.05) is 18.0 Å². The smallest absolute Gasteiger partial charge is 0.0944 e. The third-order valence-corrected chi connectivity index (χ3v) is 6.30. The van der Waals surface area contributed by atoms with Gasteiger partial charge in [0.1, 0.15) is 0 Å². The minimum absolute atomic E-state index is 0.724. The first-order valence-electron chi connectivity index (χ1n) is 7.96. The molecule has 0 unspecified atom stereocenters. The monoisotopic (exact) mass is 340 g/mol. The summed E-state index contributed by atoms with van der Waals surface area (Å²) in [6.45, 7) is 4.21. The molecule has 3 heterocycles. The highest BCUT2D eigenvalue weighted by Gasteiger charge is 2.14. The topological polar surface area (TPSA) is 27.0 Å². The van der Waals surface area contributed by atoms with E-state index in [1.807, 2.05) is 30.4 Å². The van der Waals surface area contributed by atoms with E-state index in [4.69, 9.17) is 5.26 Å². The molecule has 0 aromatic carbocycles. The quantitative estimate of drug-likeness (QED) is 0.508. The summed E-state index contributed by atoms with van der Waals surface area (Å²) in [4.78, 5) is 6.40. The third kappa shape index (κ3) is 4.13. The lowest BCUT2D eigenvalue weighted by Crippen LogP contribution is -2.28. The molecule has 0 N–H and O–H groups in total. The normalized spacial score (nSPS) is 16.0. The van der Waals surface area contributed by atoms with Crippen molar-refractivity contribution in [3.63, 3.8) is 0 Å². The van der Waals surface area contributed by atoms with E-state index >= 15 is 0 Å². The molecule has 23 heavy (non-hydrogen) atoms. The van der Waals surface area contributed by atoms with Crippen LogP contribution in [0.15, 0.2) is 42.0 Å². The average molecular weight is 341 g/mol. The Labute approximate surface area is 146 Å². The predicted molar refractivity (Wildman–Crippen MR) is 102 cm³/mol. The van der Waals surface area contributed by atoms with Crippen molar-refractivity contribution >= 4 is 33.8 Å². The fraction of sp³-hybridized carbons (Fsp3) is 0.316. The van der Waals surface area contributed by atoms with Crippen molar-refractivity contribution in [3.05, 3.63) is 46.9 Å². The van der Waals surface area contributed by atoms with E-state index in [9.17, 15) is 0 Å². The van der Waals surface area contributed by atoms with Gasteiger partial charge < -0.3 is 4.90 Å². The van der Waals surface area contributed by atoms with Crippen LogP contribution < -0.4 is 4.90 Å². The molecule has 0 radical (unpaired) electrons. The molecule has 0 spiro atoms. The maximum absolute atomic E-state index is 8.74. The maximum atomic E-state index is 8.74. The van der Waals surface area contributed by atoms with Crippen LogP contribution in [-0.2, 0) is 0 Å². The number of nitrogens with zero attached hydrogens (tertiary/aromatic N) is 2. The first-order chi connectivity index (χ1) is 11.3. The van der Waals surface area contributed by atoms with Crippen LogP contribution in [-0.4, -0.2) is 13.1 Å². The summed E-state index contributed by atoms with van der Waals surface area (Å²) in [6, 6.07) is 11.0. The molecule has 0 aliphatic carbocycles. The highest BCUT2D eigenvalue weighted by Crippen LogP contribution is 2.38. The van der Waals surface area contributed by atoms with E-state index in [2.05, 4.69) is 41.3 Å². The molecule has 0 saturated carbocycles. The van der Waals surface area contributed by atoms with Crippen molar-refractivity contribution in [3.8, 4) is 15.8 Å². The Bertz CT molecular complexity index is 752. The zero-order chi connectivity index (χ0) is 16.1. The summed E-state index contributed by atoms with van der Waals surface area (Å²) >= 11 is 3.69. The summed E-state index contributed by atoms with van der Waals surface area (Å²) in [7, 11) is 0. The van der Waals surface area contributed by atoms with E-state index in [1.165, 1.54) is 52.0 Å². The van der Waals surface area contributed by atoms with Crippen LogP contribution in [0.25, 0.3) is 15.8 Å². The van der Waals surface area contributed by atoms with Gasteiger partial charge in [-0.25, -0.2) is 0 Å². The number of rotatable bonds is 4. The largest absolute Gasteiger partial charge is 0.363 e. The van der Waals surface area contributed by atoms with Gasteiger partial charge in [-0.05, 0) is 62.6 Å². The second-order valence-electron chi connectivity index (χ2n) is 5.71. The van der Waals surface area contributed by atoms with Crippen LogP contribution in [0.4, 0.5) is 5.00 Å². The number of hydrogen-bond acceptors (Lipinski definition) is 4. The van der Waals surface area contributed by atoms with Crippen LogP contribution >= 0.6 is 22.7 Å². The first kappa shape index (κ1) is 16.0. The van der Waals surface area contributed by atoms with Gasteiger partial charge in [0.25, 0.3) is 0 Å². The number of anilines is 1. The molecule has 0 atom stereocenters. The summed E-state index contributed by atoms with van der Waals surface area (Å²) < 4.78 is 0. The van der Waals surface area contributed by atoms with Gasteiger partial charge in [-0.1, -0.05) is 6.08 Å². The van der Waals surface area contributed by atoms with Crippen LogP contribution in [0, 0.1) is 11.3 Å². The van der Waals surface area contributed by atoms with Gasteiger partial charge in [0.2, 0.25) is 0 Å². The van der Waals surface area contributed by atoms with Crippen LogP contribution in [0.5, 0.6) is 0 Å². The fourth-order valence-electron chi connectivity index (χ4n) is 2.64. The van der Waals surface area contributed by atoms with Gasteiger partial charge in [0, 0.05) is 33.3 Å². The van der Waals surface area contributed by atoms with Crippen molar-refractivity contribution in [1.29, 1.82) is 5.26 Å². The Morgan fingerprint density at radius 3 is 2.61 bits per heavy atom. The number of piperidine rings is 1. The summed E-state index contributed by atoms with van der Waals surface area (Å²) in [5, 5.41) is 10.1. The second-order valence-corrected chi connectivity index (χ2v) is 7.89. The minimum atomic E-state index is 0.724. The Balaban J connectivity index is 1.71. The first-order valence-corrected chi connectivity index (χ1v) is 9.59. The number of thiophene rings is 2. The molecule has 2 aromatic rings. The van der Waals surface area contributed by atoms with E-state index < -0.39 is 0 Å². The van der Waals surface area contributed by atoms with Crippen molar-refractivity contribution in [1.82, 2.24) is 0 Å². The molecule has 4 heteroatoms. The van der Waals surface area contributed by atoms with Gasteiger partial charge in [-0.3, -0.25) is 0 Å². The molecule has 118 valence electrons. The van der Waals surface area contributed by atoms with Gasteiger partial charge >= 0.3 is 0 Å². The molecule has 1 fully saturated rings. The highest BCUT2D eigenvalue weighted by atomic mass is 32.1. The predicted octanol–water partition coefficient (Wildman–Crippen LogP) is 5.95. The minimum Gasteiger partial charge on any atom is -0.363 e. The van der Waals surface area contributed by atoms with Gasteiger partial charge in [-0.2, -0.15) is 5.26 Å². The molecule has 1 aliphatic rings. The molecule has 1 saturated heterocycles. The van der Waals surface area contributed by atoms with Crippen LogP contribution in [0.1, 0.15) is 31.1 Å². The zero-order valence-electron chi connectivity index (χ0n) is 13.3. The summed E-state index contributed by atoms with van der Waals surface area (Å²) in [5.41, 5.74) is 0.724. The fourth-order valence-corrected chi connectivity index (χ4v) is 4.71. The average Bonchev–Trinajstić information content (AvgIpc) is 3.24. The molecular weight excluding hydrogens is 320 g/mol. The number of nitriles is 1. The number of hydrogen-bond donors (Lipinski definition) is 0. The van der Waals surface area contributed by atoms with Gasteiger partial charge in [0.05, 0.1) is 11.1 Å². The SMILES string of the molecule is C/C(C#N)=C\C=C\c1ccc(-c2ccc(N3CCCCC3)s2)s1. The van der Waals surface area contributed by atoms with Crippen LogP contribution in [0.3, 0.4) is 0 Å². The van der Waals surface area contributed by atoms with E-state index in [1.54, 1.807) is 11.3 Å². The van der Waals surface area contributed by atoms with Crippen molar-refractivity contribution < 1.29 is 0 Å². The number of allylic oxidation sites excluding steroid dienone is 3. The Hall–Kier alpha value is -1.83. The van der Waals surface area contributed by atoms with E-state index in [-0.39, 0.29) is 0 Å². The summed E-state index contributed by atoms with van der Waals surface area (Å²) in [5.74, 6) is 0. The van der Waals surface area contributed by atoms with Crippen molar-refractivity contribution in [2.24, 2.45) is 0 Å². The Morgan fingerprint density at radius 1 is 1.09 bits per heavy atom. The zero-order valence-corrected chi connectivity index (χ0v) is 14.9. The van der Waals surface area contributed by atoms with Gasteiger partial charge in [-0.15, -0.1) is 22.7 Å². The lowest BCUT2D eigenvalue weighted by Gasteiger charge is -2.27. The van der Waals surface area contributed by atoms with E-state index in [0.717, 1.165) is 5.57 Å². The van der Waals surface area contributed by atoms with Crippen molar-refractivity contribution in [2.45, 2.75) is 26.2 Å². The third-order valence-electron chi connectivity index (χ3n) is 3.91. The Kier molecular flexibility index (Phi) is 5.32. The molecule has 0 bridgehead atoms. The highest BCUT2D eigenvalue weighted by molar-refractivity contribution is 7.24. The molecule has 0 amide bonds. The molecule has 2 aromatic heterocycles. The molecule has 2 nitrogen and oxygen atoms in total. The lowest BCUT2D eigenvalue weighted by atomic mass is 10.1. The van der Waals surface area contributed by atoms with Gasteiger partial charge in [0.15, 0.2) is 0 Å². The maximum Gasteiger partial charge on any atom is 0.0944 e. The van der Waals surface area contributed by atoms with Crippen LogP contribution in [0.2, 0.25) is 0 Å². The van der Waals surface area contributed by atoms with E-state index in [0.29, 0.717) is 0 Å². The molecule has 1 aliphatic heterocycles. The summed E-state index contributed by atoms with van der Waals surface area (Å²) in [6.07, 6.45) is 9.86.